The van der Waals surface area contributed by atoms with Crippen molar-refractivity contribution in [3.05, 3.63) is 88.8 Å². The average molecular weight is 312 g/mol. The number of ether oxygens (including phenoxy) is 1. The van der Waals surface area contributed by atoms with Crippen molar-refractivity contribution < 1.29 is 4.74 Å². The summed E-state index contributed by atoms with van der Waals surface area (Å²) in [5.41, 5.74) is 9.72. The van der Waals surface area contributed by atoms with Crippen LogP contribution in [0.1, 0.15) is 22.6 Å². The van der Waals surface area contributed by atoms with E-state index < -0.39 is 0 Å². The lowest BCUT2D eigenvalue weighted by Crippen LogP contribution is -2.21. The lowest BCUT2D eigenvalue weighted by atomic mass is 9.81. The second-order valence-corrected chi connectivity index (χ2v) is 6.04. The molecule has 1 aliphatic heterocycles. The second-order valence-electron chi connectivity index (χ2n) is 6.04. The van der Waals surface area contributed by atoms with Gasteiger partial charge in [-0.15, -0.1) is 0 Å². The molecule has 116 valence electrons. The fourth-order valence-electron chi connectivity index (χ4n) is 3.43. The van der Waals surface area contributed by atoms with Gasteiger partial charge in [0.2, 0.25) is 5.88 Å². The molecule has 3 aromatic rings. The maximum Gasteiger partial charge on any atom is 0.205 e. The predicted molar refractivity (Wildman–Crippen MR) is 94.4 cm³/mol. The Bertz CT molecular complexity index is 1030. The van der Waals surface area contributed by atoms with Crippen molar-refractivity contribution in [1.29, 1.82) is 5.26 Å². The number of fused-ring (bicyclic) bond motifs is 3. The van der Waals surface area contributed by atoms with Crippen molar-refractivity contribution in [3.63, 3.8) is 0 Å². The minimum absolute atomic E-state index is 0.187. The molecule has 1 heterocycles. The predicted octanol–water partition coefficient (Wildman–Crippen LogP) is 4.37. The van der Waals surface area contributed by atoms with Gasteiger partial charge in [0.25, 0.3) is 0 Å². The van der Waals surface area contributed by atoms with Crippen LogP contribution >= 0.6 is 0 Å². The van der Waals surface area contributed by atoms with E-state index in [0.29, 0.717) is 5.57 Å². The number of nitriles is 1. The van der Waals surface area contributed by atoms with Crippen LogP contribution in [0.2, 0.25) is 0 Å². The van der Waals surface area contributed by atoms with Crippen LogP contribution in [-0.2, 0) is 0 Å². The van der Waals surface area contributed by atoms with Crippen molar-refractivity contribution >= 4 is 10.8 Å². The third kappa shape index (κ3) is 2.12. The highest BCUT2D eigenvalue weighted by Crippen LogP contribution is 2.45. The Kier molecular flexibility index (Phi) is 3.25. The molecule has 0 amide bonds. The minimum Gasteiger partial charge on any atom is -0.440 e. The Hall–Kier alpha value is -3.25. The molecule has 1 atom stereocenters. The van der Waals surface area contributed by atoms with Crippen molar-refractivity contribution in [2.24, 2.45) is 5.73 Å². The molecule has 3 nitrogen and oxygen atoms in total. The van der Waals surface area contributed by atoms with Gasteiger partial charge < -0.3 is 10.5 Å². The first kappa shape index (κ1) is 14.3. The number of benzene rings is 3. The van der Waals surface area contributed by atoms with Crippen LogP contribution < -0.4 is 10.5 Å². The van der Waals surface area contributed by atoms with E-state index in [2.05, 4.69) is 24.3 Å². The summed E-state index contributed by atoms with van der Waals surface area (Å²) in [6.45, 7) is 2.05. The summed E-state index contributed by atoms with van der Waals surface area (Å²) in [5.74, 6) is 0.688. The van der Waals surface area contributed by atoms with Crippen molar-refractivity contribution in [2.45, 2.75) is 12.8 Å². The number of aryl methyl sites for hydroxylation is 1. The number of hydrogen-bond donors (Lipinski definition) is 1. The van der Waals surface area contributed by atoms with Crippen LogP contribution in [0.3, 0.4) is 0 Å². The van der Waals surface area contributed by atoms with Gasteiger partial charge in [0.1, 0.15) is 17.4 Å². The first-order valence-electron chi connectivity index (χ1n) is 7.85. The summed E-state index contributed by atoms with van der Waals surface area (Å²) < 4.78 is 5.76. The molecule has 3 aromatic carbocycles. The molecule has 1 unspecified atom stereocenters. The van der Waals surface area contributed by atoms with E-state index in [1.54, 1.807) is 0 Å². The molecule has 2 N–H and O–H groups in total. The molecule has 0 saturated heterocycles. The van der Waals surface area contributed by atoms with Crippen LogP contribution in [-0.4, -0.2) is 0 Å². The second kappa shape index (κ2) is 5.43. The smallest absolute Gasteiger partial charge is 0.205 e. The number of rotatable bonds is 1. The van der Waals surface area contributed by atoms with Crippen LogP contribution in [0.5, 0.6) is 5.75 Å². The zero-order valence-corrected chi connectivity index (χ0v) is 13.3. The van der Waals surface area contributed by atoms with Gasteiger partial charge in [-0.05, 0) is 29.3 Å². The van der Waals surface area contributed by atoms with Crippen LogP contribution in [0.4, 0.5) is 0 Å². The molecule has 4 rings (SSSR count). The summed E-state index contributed by atoms with van der Waals surface area (Å²) in [5, 5.41) is 11.9. The van der Waals surface area contributed by atoms with E-state index >= 15 is 0 Å². The normalized spacial score (nSPS) is 16.4. The van der Waals surface area contributed by atoms with E-state index in [1.165, 1.54) is 0 Å². The van der Waals surface area contributed by atoms with Crippen molar-refractivity contribution in [3.8, 4) is 11.8 Å². The fourth-order valence-corrected chi connectivity index (χ4v) is 3.43. The molecule has 0 bridgehead atoms. The van der Waals surface area contributed by atoms with Crippen LogP contribution in [0, 0.1) is 18.3 Å². The molecular weight excluding hydrogens is 296 g/mol. The molecule has 0 aliphatic carbocycles. The summed E-state index contributed by atoms with van der Waals surface area (Å²) in [6.07, 6.45) is 0. The van der Waals surface area contributed by atoms with Gasteiger partial charge in [0.05, 0.1) is 5.92 Å². The molecule has 0 aromatic heterocycles. The molecule has 0 saturated carbocycles. The molecule has 1 aliphatic rings. The van der Waals surface area contributed by atoms with E-state index in [-0.39, 0.29) is 11.8 Å². The maximum absolute atomic E-state index is 9.69. The van der Waals surface area contributed by atoms with E-state index in [9.17, 15) is 5.26 Å². The fraction of sp³-hybridized carbons (Fsp3) is 0.0952. The first-order chi connectivity index (χ1) is 11.7. The highest BCUT2D eigenvalue weighted by atomic mass is 16.5. The Morgan fingerprint density at radius 3 is 2.67 bits per heavy atom. The van der Waals surface area contributed by atoms with E-state index in [4.69, 9.17) is 10.5 Å². The first-order valence-corrected chi connectivity index (χ1v) is 7.85. The summed E-state index contributed by atoms with van der Waals surface area (Å²) in [6, 6.07) is 22.6. The maximum atomic E-state index is 9.69. The number of allylic oxidation sites excluding steroid dienone is 1. The van der Waals surface area contributed by atoms with E-state index in [0.717, 1.165) is 33.2 Å². The Labute approximate surface area is 140 Å². The highest BCUT2D eigenvalue weighted by Gasteiger charge is 2.32. The lowest BCUT2D eigenvalue weighted by Gasteiger charge is -2.28. The van der Waals surface area contributed by atoms with Gasteiger partial charge in [-0.3, -0.25) is 0 Å². The third-order valence-electron chi connectivity index (χ3n) is 4.49. The van der Waals surface area contributed by atoms with Gasteiger partial charge in [-0.25, -0.2) is 0 Å². The Balaban J connectivity index is 2.07. The number of hydrogen-bond acceptors (Lipinski definition) is 3. The average Bonchev–Trinajstić information content (AvgIpc) is 2.60. The topological polar surface area (TPSA) is 59.0 Å². The highest BCUT2D eigenvalue weighted by molar-refractivity contribution is 5.90. The van der Waals surface area contributed by atoms with Gasteiger partial charge in [-0.2, -0.15) is 5.26 Å². The zero-order chi connectivity index (χ0) is 16.7. The quantitative estimate of drug-likeness (QED) is 0.726. The van der Waals surface area contributed by atoms with Crippen molar-refractivity contribution in [2.75, 3.05) is 0 Å². The van der Waals surface area contributed by atoms with Gasteiger partial charge in [-0.1, -0.05) is 60.2 Å². The standard InChI is InChI=1S/C21H16N2O/c1-13-5-4-7-15(11-13)19-17(12-22)21(23)24-18-10-9-14-6-2-3-8-16(14)20(18)19/h2-11,19H,23H2,1H3. The van der Waals surface area contributed by atoms with Gasteiger partial charge in [0, 0.05) is 5.56 Å². The zero-order valence-electron chi connectivity index (χ0n) is 13.3. The molecule has 0 spiro atoms. The SMILES string of the molecule is Cc1cccc(C2C(C#N)=C(N)Oc3ccc4ccccc4c32)c1. The van der Waals surface area contributed by atoms with Gasteiger partial charge >= 0.3 is 0 Å². The van der Waals surface area contributed by atoms with Crippen LogP contribution in [0.15, 0.2) is 72.1 Å². The Morgan fingerprint density at radius 2 is 1.88 bits per heavy atom. The van der Waals surface area contributed by atoms with E-state index in [1.807, 2.05) is 49.4 Å². The molecule has 3 heteroatoms. The minimum atomic E-state index is -0.218. The third-order valence-corrected chi connectivity index (χ3v) is 4.49. The number of nitrogens with zero attached hydrogens (tertiary/aromatic N) is 1. The van der Waals surface area contributed by atoms with Gasteiger partial charge in [0.15, 0.2) is 0 Å². The summed E-state index contributed by atoms with van der Waals surface area (Å²) in [4.78, 5) is 0. The molecule has 0 radical (unpaired) electrons. The monoisotopic (exact) mass is 312 g/mol. The largest absolute Gasteiger partial charge is 0.440 e. The van der Waals surface area contributed by atoms with Crippen molar-refractivity contribution in [1.82, 2.24) is 0 Å². The molecular formula is C21H16N2O. The Morgan fingerprint density at radius 1 is 1.04 bits per heavy atom. The summed E-state index contributed by atoms with van der Waals surface area (Å²) >= 11 is 0. The molecule has 24 heavy (non-hydrogen) atoms. The number of nitrogens with two attached hydrogens (primary N) is 1. The lowest BCUT2D eigenvalue weighted by molar-refractivity contribution is 0.395. The molecule has 0 fully saturated rings. The van der Waals surface area contributed by atoms with Crippen LogP contribution in [0.25, 0.3) is 10.8 Å². The summed E-state index contributed by atoms with van der Waals surface area (Å²) in [7, 11) is 0.